The molecule has 2 amide bonds. The van der Waals surface area contributed by atoms with Crippen molar-refractivity contribution in [1.82, 2.24) is 10.3 Å². The van der Waals surface area contributed by atoms with E-state index in [1.54, 1.807) is 18.1 Å². The first-order chi connectivity index (χ1) is 13.4. The zero-order chi connectivity index (χ0) is 20.3. The zero-order valence-corrected chi connectivity index (χ0v) is 17.0. The maximum absolute atomic E-state index is 12.6. The van der Waals surface area contributed by atoms with Crippen LogP contribution in [-0.2, 0) is 11.2 Å². The number of benzene rings is 1. The number of carbonyl (C=O) groups is 2. The first-order valence-corrected chi connectivity index (χ1v) is 9.85. The lowest BCUT2D eigenvalue weighted by Gasteiger charge is -2.21. The van der Waals surface area contributed by atoms with Crippen LogP contribution in [0.3, 0.4) is 0 Å². The molecule has 148 valence electrons. The van der Waals surface area contributed by atoms with Crippen LogP contribution in [-0.4, -0.2) is 36.9 Å². The molecule has 2 heterocycles. The third-order valence-electron chi connectivity index (χ3n) is 5.24. The molecule has 1 unspecified atom stereocenters. The van der Waals surface area contributed by atoms with Crippen molar-refractivity contribution in [2.45, 2.75) is 39.7 Å². The van der Waals surface area contributed by atoms with Crippen LogP contribution < -0.4 is 15.1 Å². The van der Waals surface area contributed by atoms with Gasteiger partial charge in [-0.05, 0) is 49.6 Å². The second kappa shape index (κ2) is 8.42. The number of pyridine rings is 1. The van der Waals surface area contributed by atoms with Crippen LogP contribution in [0.5, 0.6) is 0 Å². The van der Waals surface area contributed by atoms with Crippen molar-refractivity contribution in [3.8, 4) is 0 Å². The van der Waals surface area contributed by atoms with Crippen LogP contribution in [0.25, 0.3) is 0 Å². The van der Waals surface area contributed by atoms with Gasteiger partial charge >= 0.3 is 0 Å². The molecule has 0 saturated carbocycles. The fraction of sp³-hybridized carbons (Fsp3) is 0.409. The molecule has 28 heavy (non-hydrogen) atoms. The minimum Gasteiger partial charge on any atom is -0.357 e. The van der Waals surface area contributed by atoms with Crippen molar-refractivity contribution in [2.24, 2.45) is 0 Å². The number of nitrogens with zero attached hydrogens (tertiary/aromatic N) is 3. The maximum atomic E-state index is 12.6. The summed E-state index contributed by atoms with van der Waals surface area (Å²) >= 11 is 0. The lowest BCUT2D eigenvalue weighted by atomic mass is 10.0. The van der Waals surface area contributed by atoms with Crippen LogP contribution >= 0.6 is 0 Å². The van der Waals surface area contributed by atoms with E-state index in [0.29, 0.717) is 12.0 Å². The Morgan fingerprint density at radius 1 is 1.29 bits per heavy atom. The van der Waals surface area contributed by atoms with Gasteiger partial charge in [0, 0.05) is 32.0 Å². The molecule has 0 spiro atoms. The summed E-state index contributed by atoms with van der Waals surface area (Å²) in [4.78, 5) is 32.8. The molecule has 0 radical (unpaired) electrons. The average Bonchev–Trinajstić information content (AvgIpc) is 2.99. The molecule has 6 heteroatoms. The van der Waals surface area contributed by atoms with E-state index in [-0.39, 0.29) is 17.9 Å². The fourth-order valence-electron chi connectivity index (χ4n) is 3.53. The predicted octanol–water partition coefficient (Wildman–Crippen LogP) is 3.33. The Balaban J connectivity index is 1.68. The van der Waals surface area contributed by atoms with Crippen LogP contribution in [0.2, 0.25) is 0 Å². The Hall–Kier alpha value is -2.89. The van der Waals surface area contributed by atoms with E-state index in [9.17, 15) is 9.59 Å². The molecule has 1 aromatic heterocycles. The van der Waals surface area contributed by atoms with E-state index in [2.05, 4.69) is 29.0 Å². The molecule has 0 bridgehead atoms. The predicted molar refractivity (Wildman–Crippen MR) is 112 cm³/mol. The monoisotopic (exact) mass is 380 g/mol. The van der Waals surface area contributed by atoms with Crippen molar-refractivity contribution in [3.63, 3.8) is 0 Å². The van der Waals surface area contributed by atoms with Crippen LogP contribution in [0, 0.1) is 0 Å². The topological polar surface area (TPSA) is 65.5 Å². The van der Waals surface area contributed by atoms with Gasteiger partial charge in [-0.1, -0.05) is 19.1 Å². The zero-order valence-electron chi connectivity index (χ0n) is 17.0. The van der Waals surface area contributed by atoms with E-state index in [1.165, 1.54) is 0 Å². The second-order valence-corrected chi connectivity index (χ2v) is 7.20. The normalized spacial score (nSPS) is 14.0. The Labute approximate surface area is 166 Å². The molecule has 1 atom stereocenters. The van der Waals surface area contributed by atoms with Gasteiger partial charge in [-0.3, -0.25) is 9.59 Å². The maximum Gasteiger partial charge on any atom is 0.253 e. The summed E-state index contributed by atoms with van der Waals surface area (Å²) in [5, 5.41) is 3.02. The van der Waals surface area contributed by atoms with Gasteiger partial charge in [0.2, 0.25) is 5.91 Å². The van der Waals surface area contributed by atoms with Crippen molar-refractivity contribution in [1.29, 1.82) is 0 Å². The van der Waals surface area contributed by atoms with Gasteiger partial charge in [-0.2, -0.15) is 0 Å². The number of nitrogens with one attached hydrogen (secondary N) is 1. The minimum absolute atomic E-state index is 0.0965. The number of hydrogen-bond donors (Lipinski definition) is 1. The Morgan fingerprint density at radius 2 is 2.07 bits per heavy atom. The number of aromatic nitrogens is 1. The van der Waals surface area contributed by atoms with Gasteiger partial charge in [0.1, 0.15) is 5.82 Å². The van der Waals surface area contributed by atoms with Gasteiger partial charge in [-0.25, -0.2) is 4.98 Å². The Morgan fingerprint density at radius 3 is 2.71 bits per heavy atom. The van der Waals surface area contributed by atoms with Crippen LogP contribution in [0.1, 0.15) is 54.7 Å². The molecular formula is C22H28N4O2. The Kier molecular flexibility index (Phi) is 5.97. The summed E-state index contributed by atoms with van der Waals surface area (Å²) in [6, 6.07) is 9.47. The molecule has 1 N–H and O–H groups in total. The first-order valence-electron chi connectivity index (χ1n) is 9.85. The Bertz CT molecular complexity index is 863. The largest absolute Gasteiger partial charge is 0.357 e. The molecule has 3 rings (SSSR count). The second-order valence-electron chi connectivity index (χ2n) is 7.20. The van der Waals surface area contributed by atoms with Crippen molar-refractivity contribution in [2.75, 3.05) is 29.9 Å². The number of likely N-dealkylation sites (N-methyl/N-ethyl adjacent to an activating group) is 1. The van der Waals surface area contributed by atoms with Crippen LogP contribution in [0.4, 0.5) is 11.5 Å². The molecule has 0 saturated heterocycles. The summed E-state index contributed by atoms with van der Waals surface area (Å²) in [7, 11) is 1.79. The standard InChI is InChI=1S/C22H28N4O2/c1-5-11-26(6-2)20-10-8-17(14-23-20)22(28)24-15(3)16-7-9-19-18(12-16)13-21(27)25(19)4/h7-10,12,14-15H,5-6,11,13H2,1-4H3,(H,24,28). The number of anilines is 2. The van der Waals surface area contributed by atoms with Crippen molar-refractivity contribution >= 4 is 23.3 Å². The van der Waals surface area contributed by atoms with Gasteiger partial charge in [-0.15, -0.1) is 0 Å². The molecule has 6 nitrogen and oxygen atoms in total. The van der Waals surface area contributed by atoms with Crippen molar-refractivity contribution in [3.05, 3.63) is 53.2 Å². The molecule has 0 fully saturated rings. The highest BCUT2D eigenvalue weighted by atomic mass is 16.2. The average molecular weight is 380 g/mol. The molecule has 1 aromatic carbocycles. The molecule has 0 aliphatic carbocycles. The smallest absolute Gasteiger partial charge is 0.253 e. The minimum atomic E-state index is -0.161. The van der Waals surface area contributed by atoms with Gasteiger partial charge in [0.15, 0.2) is 0 Å². The molecular weight excluding hydrogens is 352 g/mol. The summed E-state index contributed by atoms with van der Waals surface area (Å²) in [6.07, 6.45) is 3.10. The SMILES string of the molecule is CCCN(CC)c1ccc(C(=O)NC(C)c2ccc3c(c2)CC(=O)N3C)cn1. The molecule has 2 aromatic rings. The number of hydrogen-bond acceptors (Lipinski definition) is 4. The molecule has 1 aliphatic rings. The number of rotatable bonds is 7. The summed E-state index contributed by atoms with van der Waals surface area (Å²) in [5.41, 5.74) is 3.48. The number of carbonyl (C=O) groups excluding carboxylic acids is 2. The van der Waals surface area contributed by atoms with Crippen molar-refractivity contribution < 1.29 is 9.59 Å². The number of fused-ring (bicyclic) bond motifs is 1. The van der Waals surface area contributed by atoms with E-state index in [0.717, 1.165) is 42.1 Å². The third kappa shape index (κ3) is 4.01. The lowest BCUT2D eigenvalue weighted by Crippen LogP contribution is -2.27. The quantitative estimate of drug-likeness (QED) is 0.800. The fourth-order valence-corrected chi connectivity index (χ4v) is 3.53. The number of amides is 2. The van der Waals surface area contributed by atoms with Gasteiger partial charge in [0.25, 0.3) is 5.91 Å². The first kappa shape index (κ1) is 19.9. The van der Waals surface area contributed by atoms with Gasteiger partial charge < -0.3 is 15.1 Å². The van der Waals surface area contributed by atoms with E-state index >= 15 is 0 Å². The van der Waals surface area contributed by atoms with Gasteiger partial charge in [0.05, 0.1) is 18.0 Å². The van der Waals surface area contributed by atoms with E-state index < -0.39 is 0 Å². The highest BCUT2D eigenvalue weighted by Gasteiger charge is 2.24. The highest BCUT2D eigenvalue weighted by molar-refractivity contribution is 6.01. The summed E-state index contributed by atoms with van der Waals surface area (Å²) < 4.78 is 0. The third-order valence-corrected chi connectivity index (χ3v) is 5.24. The molecule has 1 aliphatic heterocycles. The summed E-state index contributed by atoms with van der Waals surface area (Å²) in [6.45, 7) is 8.02. The highest BCUT2D eigenvalue weighted by Crippen LogP contribution is 2.30. The van der Waals surface area contributed by atoms with E-state index in [4.69, 9.17) is 0 Å². The lowest BCUT2D eigenvalue weighted by molar-refractivity contribution is -0.117. The van der Waals surface area contributed by atoms with E-state index in [1.807, 2.05) is 37.3 Å². The summed E-state index contributed by atoms with van der Waals surface area (Å²) in [5.74, 6) is 0.833. The van der Waals surface area contributed by atoms with Crippen LogP contribution in [0.15, 0.2) is 36.5 Å².